The van der Waals surface area contributed by atoms with Gasteiger partial charge in [-0.15, -0.1) is 0 Å². The van der Waals surface area contributed by atoms with Crippen LogP contribution in [0.4, 0.5) is 0 Å². The summed E-state index contributed by atoms with van der Waals surface area (Å²) in [4.78, 5) is 48.6. The fraction of sp³-hybridized carbons (Fsp3) is 0.700. The van der Waals surface area contributed by atoms with Crippen LogP contribution >= 0.6 is 0 Å². The zero-order valence-corrected chi connectivity index (χ0v) is 16.2. The van der Waals surface area contributed by atoms with Crippen LogP contribution in [0.25, 0.3) is 0 Å². The molecule has 4 fully saturated rings. The third-order valence-corrected chi connectivity index (χ3v) is 6.42. The first-order chi connectivity index (χ1) is 13.9. The van der Waals surface area contributed by atoms with E-state index in [2.05, 4.69) is 11.3 Å². The Morgan fingerprint density at radius 1 is 1.21 bits per heavy atom. The smallest absolute Gasteiger partial charge is 0.344 e. The molecule has 0 N–H and O–H groups in total. The van der Waals surface area contributed by atoms with Gasteiger partial charge in [-0.3, -0.25) is 9.59 Å². The average molecular weight is 408 g/mol. The van der Waals surface area contributed by atoms with E-state index < -0.39 is 72.3 Å². The SMILES string of the molecule is C=CC(=O)OCC(=O)OC1C2OC(=O)C3C2OC1C3C(=O)OC1(CC)CCCC1. The van der Waals surface area contributed by atoms with Gasteiger partial charge in [-0.25, -0.2) is 9.59 Å². The number of hydrogen-bond donors (Lipinski definition) is 0. The lowest BCUT2D eigenvalue weighted by Gasteiger charge is -2.32. The lowest BCUT2D eigenvalue weighted by atomic mass is 9.78. The Kier molecular flexibility index (Phi) is 5.10. The largest absolute Gasteiger partial charge is 0.459 e. The first-order valence-corrected chi connectivity index (χ1v) is 9.96. The molecule has 158 valence electrons. The zero-order valence-electron chi connectivity index (χ0n) is 16.2. The number of ether oxygens (including phenoxy) is 5. The van der Waals surface area contributed by atoms with Crippen LogP contribution < -0.4 is 0 Å². The Labute approximate surface area is 167 Å². The molecule has 9 heteroatoms. The van der Waals surface area contributed by atoms with Crippen molar-refractivity contribution in [2.45, 2.75) is 69.0 Å². The molecule has 0 amide bonds. The molecule has 9 nitrogen and oxygen atoms in total. The molecule has 2 bridgehead atoms. The minimum Gasteiger partial charge on any atom is -0.459 e. The normalized spacial score (nSPS) is 35.8. The molecule has 3 aliphatic heterocycles. The van der Waals surface area contributed by atoms with Gasteiger partial charge in [0.1, 0.15) is 29.6 Å². The average Bonchev–Trinajstić information content (AvgIpc) is 3.44. The van der Waals surface area contributed by atoms with E-state index in [1.807, 2.05) is 6.92 Å². The number of fused-ring (bicyclic) bond motifs is 1. The monoisotopic (exact) mass is 408 g/mol. The van der Waals surface area contributed by atoms with Crippen LogP contribution in [-0.4, -0.2) is 60.5 Å². The molecule has 0 aromatic rings. The van der Waals surface area contributed by atoms with Gasteiger partial charge in [0.25, 0.3) is 0 Å². The third-order valence-electron chi connectivity index (χ3n) is 6.42. The number of hydrogen-bond acceptors (Lipinski definition) is 9. The molecule has 1 saturated carbocycles. The minimum atomic E-state index is -0.948. The standard InChI is InChI=1S/C20H24O9/c1-3-10(21)25-9-11(22)26-16-15-13(12-14(27-15)17(16)28-18(12)23)19(24)29-20(4-2)7-5-6-8-20/h3,12-17H,1,4-9H2,2H3. The number of esters is 4. The summed E-state index contributed by atoms with van der Waals surface area (Å²) in [5.74, 6) is -4.28. The van der Waals surface area contributed by atoms with Crippen molar-refractivity contribution >= 4 is 23.9 Å². The van der Waals surface area contributed by atoms with E-state index in [0.717, 1.165) is 31.8 Å². The van der Waals surface area contributed by atoms with Gasteiger partial charge in [0.15, 0.2) is 18.8 Å². The maximum Gasteiger partial charge on any atom is 0.344 e. The van der Waals surface area contributed by atoms with E-state index in [9.17, 15) is 19.2 Å². The van der Waals surface area contributed by atoms with Gasteiger partial charge >= 0.3 is 23.9 Å². The molecular weight excluding hydrogens is 384 g/mol. The van der Waals surface area contributed by atoms with E-state index in [0.29, 0.717) is 6.42 Å². The molecule has 6 unspecified atom stereocenters. The van der Waals surface area contributed by atoms with Gasteiger partial charge in [0, 0.05) is 6.08 Å². The summed E-state index contributed by atoms with van der Waals surface area (Å²) < 4.78 is 27.0. The van der Waals surface area contributed by atoms with Crippen molar-refractivity contribution in [3.8, 4) is 0 Å². The molecule has 29 heavy (non-hydrogen) atoms. The topological polar surface area (TPSA) is 114 Å². The summed E-state index contributed by atoms with van der Waals surface area (Å²) in [5.41, 5.74) is -0.508. The molecule has 3 saturated heterocycles. The summed E-state index contributed by atoms with van der Waals surface area (Å²) in [6.07, 6.45) is 1.99. The van der Waals surface area contributed by atoms with Gasteiger partial charge in [0.2, 0.25) is 0 Å². The van der Waals surface area contributed by atoms with Crippen LogP contribution in [-0.2, 0) is 42.9 Å². The second-order valence-corrected chi connectivity index (χ2v) is 7.95. The van der Waals surface area contributed by atoms with Crippen molar-refractivity contribution in [3.63, 3.8) is 0 Å². The highest BCUT2D eigenvalue weighted by atomic mass is 16.7. The van der Waals surface area contributed by atoms with E-state index in [-0.39, 0.29) is 0 Å². The highest BCUT2D eigenvalue weighted by molar-refractivity contribution is 5.87. The quantitative estimate of drug-likeness (QED) is 0.343. The van der Waals surface area contributed by atoms with Crippen LogP contribution in [0.1, 0.15) is 39.0 Å². The van der Waals surface area contributed by atoms with Crippen LogP contribution in [0.2, 0.25) is 0 Å². The van der Waals surface area contributed by atoms with Crippen molar-refractivity contribution in [2.24, 2.45) is 11.8 Å². The van der Waals surface area contributed by atoms with Crippen LogP contribution in [0, 0.1) is 11.8 Å². The van der Waals surface area contributed by atoms with Crippen LogP contribution in [0.5, 0.6) is 0 Å². The molecule has 0 aromatic heterocycles. The van der Waals surface area contributed by atoms with Crippen molar-refractivity contribution in [3.05, 3.63) is 12.7 Å². The predicted molar refractivity (Wildman–Crippen MR) is 94.1 cm³/mol. The fourth-order valence-corrected chi connectivity index (χ4v) is 4.94. The van der Waals surface area contributed by atoms with Gasteiger partial charge in [-0.2, -0.15) is 0 Å². The Balaban J connectivity index is 1.47. The van der Waals surface area contributed by atoms with E-state index in [4.69, 9.17) is 18.9 Å². The second-order valence-electron chi connectivity index (χ2n) is 7.95. The molecular formula is C20H24O9. The van der Waals surface area contributed by atoms with E-state index in [1.165, 1.54) is 0 Å². The van der Waals surface area contributed by atoms with Crippen molar-refractivity contribution < 1.29 is 42.9 Å². The summed E-state index contributed by atoms with van der Waals surface area (Å²) in [6, 6.07) is 0. The number of carbonyl (C=O) groups excluding carboxylic acids is 4. The summed E-state index contributed by atoms with van der Waals surface area (Å²) in [6.45, 7) is 4.60. The molecule has 4 rings (SSSR count). The zero-order chi connectivity index (χ0) is 20.8. The van der Waals surface area contributed by atoms with Crippen molar-refractivity contribution in [1.82, 2.24) is 0 Å². The minimum absolute atomic E-state index is 0.508. The molecule has 4 aliphatic rings. The predicted octanol–water partition coefficient (Wildman–Crippen LogP) is 0.832. The van der Waals surface area contributed by atoms with Gasteiger partial charge in [0.05, 0.1) is 0 Å². The maximum absolute atomic E-state index is 13.0. The second kappa shape index (κ2) is 7.44. The van der Waals surface area contributed by atoms with Crippen molar-refractivity contribution in [1.29, 1.82) is 0 Å². The molecule has 0 aromatic carbocycles. The Bertz CT molecular complexity index is 738. The number of carbonyl (C=O) groups is 4. The Morgan fingerprint density at radius 2 is 1.93 bits per heavy atom. The fourth-order valence-electron chi connectivity index (χ4n) is 4.94. The molecule has 6 atom stereocenters. The van der Waals surface area contributed by atoms with E-state index >= 15 is 0 Å². The highest BCUT2D eigenvalue weighted by Crippen LogP contribution is 2.52. The van der Waals surface area contributed by atoms with Gasteiger partial charge < -0.3 is 23.7 Å². The van der Waals surface area contributed by atoms with Gasteiger partial charge in [-0.1, -0.05) is 13.5 Å². The number of rotatable bonds is 7. The summed E-state index contributed by atoms with van der Waals surface area (Å²) in [5, 5.41) is 0. The summed E-state index contributed by atoms with van der Waals surface area (Å²) in [7, 11) is 0. The first-order valence-electron chi connectivity index (χ1n) is 9.96. The molecule has 1 aliphatic carbocycles. The molecule has 0 spiro atoms. The lowest BCUT2D eigenvalue weighted by molar-refractivity contribution is -0.175. The van der Waals surface area contributed by atoms with Crippen LogP contribution in [0.3, 0.4) is 0 Å². The maximum atomic E-state index is 13.0. The lowest BCUT2D eigenvalue weighted by Crippen LogP contribution is -2.49. The third kappa shape index (κ3) is 3.31. The van der Waals surface area contributed by atoms with Crippen molar-refractivity contribution in [2.75, 3.05) is 6.61 Å². The first kappa shape index (κ1) is 19.9. The summed E-state index contributed by atoms with van der Waals surface area (Å²) >= 11 is 0. The Morgan fingerprint density at radius 3 is 2.59 bits per heavy atom. The highest BCUT2D eigenvalue weighted by Gasteiger charge is 2.72. The Hall–Kier alpha value is -2.42. The van der Waals surface area contributed by atoms with Gasteiger partial charge in [-0.05, 0) is 32.1 Å². The van der Waals surface area contributed by atoms with Crippen LogP contribution in [0.15, 0.2) is 12.7 Å². The molecule has 0 radical (unpaired) electrons. The van der Waals surface area contributed by atoms with E-state index in [1.54, 1.807) is 0 Å². The molecule has 3 heterocycles.